The van der Waals surface area contributed by atoms with Crippen LogP contribution in [0.4, 0.5) is 0 Å². The van der Waals surface area contributed by atoms with Crippen LogP contribution in [-0.4, -0.2) is 29.4 Å². The van der Waals surface area contributed by atoms with Crippen molar-refractivity contribution in [3.05, 3.63) is 47.7 Å². The van der Waals surface area contributed by atoms with Gasteiger partial charge in [-0.15, -0.1) is 0 Å². The average molecular weight is 455 g/mol. The van der Waals surface area contributed by atoms with E-state index in [0.29, 0.717) is 11.3 Å². The lowest BCUT2D eigenvalue weighted by Crippen LogP contribution is -2.40. The summed E-state index contributed by atoms with van der Waals surface area (Å²) in [5.41, 5.74) is 8.97. The molecule has 1 fully saturated rings. The second kappa shape index (κ2) is 8.01. The van der Waals surface area contributed by atoms with E-state index >= 15 is 0 Å². The molecule has 0 bridgehead atoms. The van der Waals surface area contributed by atoms with E-state index in [-0.39, 0.29) is 10.9 Å². The molecule has 0 atom stereocenters. The predicted molar refractivity (Wildman–Crippen MR) is 126 cm³/mol. The Kier molecular flexibility index (Phi) is 5.63. The smallest absolute Gasteiger partial charge is 0.251 e. The SMILES string of the molecule is CCc1cnc2c(c1)c(C(N)=O)c(-c1ccc(S(=O)(=O)NC(C)(C)C)cc1)n2C1CCC1. The lowest BCUT2D eigenvalue weighted by atomic mass is 9.92. The quantitative estimate of drug-likeness (QED) is 0.583. The summed E-state index contributed by atoms with van der Waals surface area (Å²) in [4.78, 5) is 17.5. The number of fused-ring (bicyclic) bond motifs is 1. The topological polar surface area (TPSA) is 107 Å². The Morgan fingerprint density at radius 1 is 1.22 bits per heavy atom. The number of carbonyl (C=O) groups excluding carboxylic acids is 1. The van der Waals surface area contributed by atoms with E-state index in [1.807, 2.05) is 19.2 Å². The number of primary amides is 1. The molecule has 4 rings (SSSR count). The highest BCUT2D eigenvalue weighted by Crippen LogP contribution is 2.42. The van der Waals surface area contributed by atoms with Gasteiger partial charge in [0.05, 0.1) is 16.2 Å². The molecule has 0 aliphatic heterocycles. The molecule has 1 aromatic carbocycles. The van der Waals surface area contributed by atoms with Gasteiger partial charge in [-0.1, -0.05) is 19.1 Å². The van der Waals surface area contributed by atoms with Gasteiger partial charge in [0.15, 0.2) is 0 Å². The normalized spacial score (nSPS) is 15.1. The summed E-state index contributed by atoms with van der Waals surface area (Å²) in [5, 5.41) is 0.754. The summed E-state index contributed by atoms with van der Waals surface area (Å²) >= 11 is 0. The molecule has 1 aliphatic rings. The second-order valence-corrected chi connectivity index (χ2v) is 11.2. The molecular weight excluding hydrogens is 424 g/mol. The van der Waals surface area contributed by atoms with E-state index in [1.54, 1.807) is 45.0 Å². The molecule has 1 aliphatic carbocycles. The summed E-state index contributed by atoms with van der Waals surface area (Å²) < 4.78 is 30.2. The van der Waals surface area contributed by atoms with Crippen LogP contribution in [0.15, 0.2) is 41.4 Å². The van der Waals surface area contributed by atoms with Gasteiger partial charge in [-0.25, -0.2) is 18.1 Å². The van der Waals surface area contributed by atoms with Crippen LogP contribution in [0.25, 0.3) is 22.3 Å². The third-order valence-electron chi connectivity index (χ3n) is 5.87. The fourth-order valence-electron chi connectivity index (χ4n) is 4.21. The molecule has 170 valence electrons. The first-order valence-corrected chi connectivity index (χ1v) is 12.5. The zero-order chi connectivity index (χ0) is 23.3. The first-order valence-electron chi connectivity index (χ1n) is 11.0. The van der Waals surface area contributed by atoms with Crippen LogP contribution in [0.1, 0.15) is 68.9 Å². The molecule has 0 unspecified atom stereocenters. The van der Waals surface area contributed by atoms with Crippen molar-refractivity contribution in [1.29, 1.82) is 0 Å². The highest BCUT2D eigenvalue weighted by molar-refractivity contribution is 7.89. The predicted octanol–water partition coefficient (Wildman–Crippen LogP) is 4.17. The maximum Gasteiger partial charge on any atom is 0.251 e. The van der Waals surface area contributed by atoms with E-state index in [1.165, 1.54) is 0 Å². The first-order chi connectivity index (χ1) is 15.0. The van der Waals surface area contributed by atoms with Crippen LogP contribution in [0, 0.1) is 0 Å². The third-order valence-corrected chi connectivity index (χ3v) is 7.65. The van der Waals surface area contributed by atoms with Crippen LogP contribution in [0.5, 0.6) is 0 Å². The Morgan fingerprint density at radius 3 is 2.38 bits per heavy atom. The van der Waals surface area contributed by atoms with Crippen molar-refractivity contribution in [3.63, 3.8) is 0 Å². The number of nitrogens with one attached hydrogen (secondary N) is 1. The number of rotatable bonds is 6. The Balaban J connectivity index is 1.90. The number of nitrogens with two attached hydrogens (primary N) is 1. The fourth-order valence-corrected chi connectivity index (χ4v) is 5.63. The molecule has 8 heteroatoms. The van der Waals surface area contributed by atoms with Crippen LogP contribution < -0.4 is 10.5 Å². The zero-order valence-electron chi connectivity index (χ0n) is 19.0. The highest BCUT2D eigenvalue weighted by Gasteiger charge is 2.30. The molecule has 0 radical (unpaired) electrons. The van der Waals surface area contributed by atoms with Gasteiger partial charge in [-0.05, 0) is 75.8 Å². The molecule has 7 nitrogen and oxygen atoms in total. The third kappa shape index (κ3) is 4.04. The van der Waals surface area contributed by atoms with E-state index in [0.717, 1.165) is 47.8 Å². The minimum absolute atomic E-state index is 0.175. The van der Waals surface area contributed by atoms with Gasteiger partial charge >= 0.3 is 0 Å². The second-order valence-electron chi connectivity index (χ2n) is 9.49. The van der Waals surface area contributed by atoms with Crippen molar-refractivity contribution in [2.45, 2.75) is 69.9 Å². The van der Waals surface area contributed by atoms with E-state index in [2.05, 4.69) is 9.29 Å². The van der Waals surface area contributed by atoms with E-state index < -0.39 is 21.5 Å². The van der Waals surface area contributed by atoms with Crippen molar-refractivity contribution in [1.82, 2.24) is 14.3 Å². The van der Waals surface area contributed by atoms with Gasteiger partial charge in [0, 0.05) is 23.2 Å². The average Bonchev–Trinajstić information content (AvgIpc) is 2.99. The number of hydrogen-bond donors (Lipinski definition) is 2. The number of benzene rings is 1. The zero-order valence-corrected chi connectivity index (χ0v) is 19.8. The number of sulfonamides is 1. The van der Waals surface area contributed by atoms with Crippen molar-refractivity contribution < 1.29 is 13.2 Å². The minimum atomic E-state index is -3.66. The van der Waals surface area contributed by atoms with Gasteiger partial charge in [0.2, 0.25) is 10.0 Å². The Morgan fingerprint density at radius 2 is 1.88 bits per heavy atom. The molecule has 0 saturated heterocycles. The number of nitrogens with zero attached hydrogens (tertiary/aromatic N) is 2. The van der Waals surface area contributed by atoms with E-state index in [4.69, 9.17) is 10.7 Å². The number of pyridine rings is 1. The number of hydrogen-bond acceptors (Lipinski definition) is 4. The summed E-state index contributed by atoms with van der Waals surface area (Å²) in [6.07, 6.45) is 5.79. The van der Waals surface area contributed by atoms with Crippen molar-refractivity contribution >= 4 is 27.0 Å². The van der Waals surface area contributed by atoms with Crippen LogP contribution >= 0.6 is 0 Å². The molecule has 2 aromatic heterocycles. The van der Waals surface area contributed by atoms with Crippen molar-refractivity contribution in [2.24, 2.45) is 5.73 Å². The summed E-state index contributed by atoms with van der Waals surface area (Å²) in [5.74, 6) is -0.510. The number of carbonyl (C=O) groups is 1. The van der Waals surface area contributed by atoms with Crippen LogP contribution in [-0.2, 0) is 16.4 Å². The monoisotopic (exact) mass is 454 g/mol. The minimum Gasteiger partial charge on any atom is -0.366 e. The first kappa shape index (κ1) is 22.5. The molecule has 0 spiro atoms. The van der Waals surface area contributed by atoms with Crippen molar-refractivity contribution in [3.8, 4) is 11.3 Å². The largest absolute Gasteiger partial charge is 0.366 e. The number of aromatic nitrogens is 2. The lowest BCUT2D eigenvalue weighted by molar-refractivity contribution is 0.100. The summed E-state index contributed by atoms with van der Waals surface area (Å²) in [7, 11) is -3.66. The maximum absolute atomic E-state index is 12.7. The summed E-state index contributed by atoms with van der Waals surface area (Å²) in [6, 6.07) is 8.87. The molecular formula is C24H30N4O3S. The maximum atomic E-state index is 12.7. The Bertz CT molecular complexity index is 1280. The van der Waals surface area contributed by atoms with Gasteiger partial charge < -0.3 is 10.3 Å². The number of aryl methyl sites for hydroxylation is 1. The molecule has 1 amide bonds. The highest BCUT2D eigenvalue weighted by atomic mass is 32.2. The summed E-state index contributed by atoms with van der Waals surface area (Å²) in [6.45, 7) is 7.44. The van der Waals surface area contributed by atoms with Gasteiger partial charge in [-0.3, -0.25) is 4.79 Å². The Labute approximate surface area is 189 Å². The van der Waals surface area contributed by atoms with Crippen LogP contribution in [0.3, 0.4) is 0 Å². The Hall–Kier alpha value is -2.71. The number of amides is 1. The fraction of sp³-hybridized carbons (Fsp3) is 0.417. The molecule has 2 heterocycles. The molecule has 3 aromatic rings. The van der Waals surface area contributed by atoms with Gasteiger partial charge in [0.1, 0.15) is 5.65 Å². The lowest BCUT2D eigenvalue weighted by Gasteiger charge is -2.30. The van der Waals surface area contributed by atoms with Crippen molar-refractivity contribution in [2.75, 3.05) is 0 Å². The van der Waals surface area contributed by atoms with Gasteiger partial charge in [0.25, 0.3) is 5.91 Å². The molecule has 3 N–H and O–H groups in total. The van der Waals surface area contributed by atoms with E-state index in [9.17, 15) is 13.2 Å². The van der Waals surface area contributed by atoms with Gasteiger partial charge in [-0.2, -0.15) is 0 Å². The molecule has 1 saturated carbocycles. The van der Waals surface area contributed by atoms with Crippen LogP contribution in [0.2, 0.25) is 0 Å². The molecule has 32 heavy (non-hydrogen) atoms. The standard InChI is InChI=1S/C24H30N4O3S/c1-5-15-13-19-20(22(25)29)21(28(17-7-6-8-17)23(19)26-14-15)16-9-11-18(12-10-16)32(30,31)27-24(2,3)4/h9-14,17,27H,5-8H2,1-4H3,(H2,25,29).